The number of methoxy groups -OCH3 is 1. The molecule has 0 bridgehead atoms. The molecule has 6 atom stereocenters. The number of hydrogen-bond acceptors (Lipinski definition) is 1. The first kappa shape index (κ1) is 7.94. The van der Waals surface area contributed by atoms with Gasteiger partial charge in [-0.15, -0.1) is 0 Å². The highest BCUT2D eigenvalue weighted by Gasteiger charge is 2.71. The second-order valence-electron chi connectivity index (χ2n) is 5.74. The lowest BCUT2D eigenvalue weighted by Crippen LogP contribution is -2.20. The molecule has 2 saturated carbocycles. The van der Waals surface area contributed by atoms with Crippen molar-refractivity contribution in [2.45, 2.75) is 11.8 Å². The molecule has 0 N–H and O–H groups in total. The fraction of sp³-hybridized carbons (Fsp3) is 0.467. The van der Waals surface area contributed by atoms with Crippen LogP contribution in [0.1, 0.15) is 23.0 Å². The molecular weight excluding hydrogens is 196 g/mol. The standard InChI is InChI=1S/C15H14O/c1-16-7-2-3-10-11(6-7)14-13-9-5-4-8(9)12(10)15(13)14/h2-6,8-9,12-15H,1H3/t8-,9+,12-,13-,14+,15-/m0/s1. The molecule has 1 heteroatoms. The van der Waals surface area contributed by atoms with Crippen LogP contribution in [-0.2, 0) is 0 Å². The molecule has 1 aromatic carbocycles. The van der Waals surface area contributed by atoms with Crippen molar-refractivity contribution in [3.05, 3.63) is 41.5 Å². The van der Waals surface area contributed by atoms with Crippen LogP contribution in [0.4, 0.5) is 0 Å². The number of benzene rings is 1. The molecule has 0 heterocycles. The third-order valence-electron chi connectivity index (χ3n) is 5.42. The second-order valence-corrected chi connectivity index (χ2v) is 5.74. The molecule has 1 nitrogen and oxygen atoms in total. The van der Waals surface area contributed by atoms with Crippen LogP contribution in [0.15, 0.2) is 30.4 Å². The third-order valence-corrected chi connectivity index (χ3v) is 5.42. The maximum Gasteiger partial charge on any atom is 0.119 e. The molecule has 0 amide bonds. The van der Waals surface area contributed by atoms with E-state index in [0.717, 1.165) is 41.3 Å². The smallest absolute Gasteiger partial charge is 0.119 e. The van der Waals surface area contributed by atoms with Gasteiger partial charge in [0.15, 0.2) is 0 Å². The Bertz CT molecular complexity index is 530. The van der Waals surface area contributed by atoms with Gasteiger partial charge in [-0.05, 0) is 58.8 Å². The van der Waals surface area contributed by atoms with Crippen LogP contribution in [0.5, 0.6) is 5.75 Å². The average Bonchev–Trinajstić information content (AvgIpc) is 2.82. The molecule has 5 rings (SSSR count). The summed E-state index contributed by atoms with van der Waals surface area (Å²) in [4.78, 5) is 0. The topological polar surface area (TPSA) is 9.23 Å². The van der Waals surface area contributed by atoms with Gasteiger partial charge in [0.2, 0.25) is 0 Å². The third kappa shape index (κ3) is 0.634. The van der Waals surface area contributed by atoms with Crippen LogP contribution in [0.3, 0.4) is 0 Å². The average molecular weight is 210 g/mol. The minimum atomic E-state index is 0.853. The maximum absolute atomic E-state index is 5.35. The molecule has 0 saturated heterocycles. The summed E-state index contributed by atoms with van der Waals surface area (Å²) in [5.74, 6) is 6.52. The molecule has 2 fully saturated rings. The van der Waals surface area contributed by atoms with Gasteiger partial charge in [0.25, 0.3) is 0 Å². The Kier molecular flexibility index (Phi) is 1.10. The first-order valence-corrected chi connectivity index (χ1v) is 6.26. The van der Waals surface area contributed by atoms with E-state index >= 15 is 0 Å². The SMILES string of the molecule is COc1ccc2c(c1)[C@H]1[C@H]3[C@H]2[C@H]2C=C[C@H]2[C@@H]13. The van der Waals surface area contributed by atoms with Crippen molar-refractivity contribution in [2.24, 2.45) is 23.7 Å². The predicted octanol–water partition coefficient (Wildman–Crippen LogP) is 2.94. The minimum absolute atomic E-state index is 0.853. The number of ether oxygens (including phenoxy) is 1. The van der Waals surface area contributed by atoms with Crippen LogP contribution in [0.2, 0.25) is 0 Å². The summed E-state index contributed by atoms with van der Waals surface area (Å²) < 4.78 is 5.35. The summed E-state index contributed by atoms with van der Waals surface area (Å²) >= 11 is 0. The van der Waals surface area contributed by atoms with E-state index in [9.17, 15) is 0 Å². The monoisotopic (exact) mass is 210 g/mol. The molecular formula is C15H14O. The van der Waals surface area contributed by atoms with Gasteiger partial charge in [0.1, 0.15) is 5.75 Å². The van der Waals surface area contributed by atoms with E-state index in [1.807, 2.05) is 0 Å². The van der Waals surface area contributed by atoms with Crippen LogP contribution in [-0.4, -0.2) is 7.11 Å². The summed E-state index contributed by atoms with van der Waals surface area (Å²) in [5.41, 5.74) is 3.24. The quantitative estimate of drug-likeness (QED) is 0.647. The van der Waals surface area contributed by atoms with Crippen molar-refractivity contribution in [2.75, 3.05) is 7.11 Å². The molecule has 4 aliphatic rings. The van der Waals surface area contributed by atoms with Crippen LogP contribution in [0.25, 0.3) is 0 Å². The van der Waals surface area contributed by atoms with Crippen LogP contribution >= 0.6 is 0 Å². The Balaban J connectivity index is 1.71. The van der Waals surface area contributed by atoms with E-state index in [0.29, 0.717) is 0 Å². The van der Waals surface area contributed by atoms with Crippen LogP contribution < -0.4 is 4.74 Å². The lowest BCUT2D eigenvalue weighted by atomic mass is 9.76. The van der Waals surface area contributed by atoms with E-state index in [4.69, 9.17) is 4.74 Å². The Labute approximate surface area is 95.1 Å². The first-order chi connectivity index (χ1) is 7.90. The van der Waals surface area contributed by atoms with Crippen molar-refractivity contribution < 1.29 is 4.74 Å². The number of rotatable bonds is 1. The molecule has 0 spiro atoms. The summed E-state index contributed by atoms with van der Waals surface area (Å²) in [7, 11) is 1.76. The zero-order valence-electron chi connectivity index (χ0n) is 9.26. The fourth-order valence-electron chi connectivity index (χ4n) is 4.79. The van der Waals surface area contributed by atoms with Gasteiger partial charge in [-0.25, -0.2) is 0 Å². The van der Waals surface area contributed by atoms with Crippen LogP contribution in [0, 0.1) is 23.7 Å². The lowest BCUT2D eigenvalue weighted by molar-refractivity contribution is 0.398. The van der Waals surface area contributed by atoms with E-state index < -0.39 is 0 Å². The highest BCUT2D eigenvalue weighted by atomic mass is 16.5. The number of hydrogen-bond donors (Lipinski definition) is 0. The van der Waals surface area contributed by atoms with E-state index in [2.05, 4.69) is 30.4 Å². The zero-order chi connectivity index (χ0) is 10.4. The van der Waals surface area contributed by atoms with Gasteiger partial charge in [0.05, 0.1) is 7.11 Å². The Morgan fingerprint density at radius 3 is 2.56 bits per heavy atom. The highest BCUT2D eigenvalue weighted by Crippen LogP contribution is 2.80. The Hall–Kier alpha value is -1.24. The van der Waals surface area contributed by atoms with Gasteiger partial charge in [0, 0.05) is 0 Å². The molecule has 80 valence electrons. The van der Waals surface area contributed by atoms with Crippen molar-refractivity contribution in [1.82, 2.24) is 0 Å². The molecule has 4 aliphatic carbocycles. The van der Waals surface area contributed by atoms with Crippen molar-refractivity contribution in [3.8, 4) is 5.75 Å². The van der Waals surface area contributed by atoms with Gasteiger partial charge < -0.3 is 4.74 Å². The molecule has 1 aromatic rings. The van der Waals surface area contributed by atoms with Crippen molar-refractivity contribution in [3.63, 3.8) is 0 Å². The largest absolute Gasteiger partial charge is 0.497 e. The first-order valence-electron chi connectivity index (χ1n) is 6.26. The number of allylic oxidation sites excluding steroid dienone is 2. The Morgan fingerprint density at radius 1 is 0.938 bits per heavy atom. The van der Waals surface area contributed by atoms with Gasteiger partial charge in [-0.2, -0.15) is 0 Å². The van der Waals surface area contributed by atoms with Crippen molar-refractivity contribution in [1.29, 1.82) is 0 Å². The van der Waals surface area contributed by atoms with E-state index in [1.54, 1.807) is 18.2 Å². The minimum Gasteiger partial charge on any atom is -0.497 e. The van der Waals surface area contributed by atoms with E-state index in [1.165, 1.54) is 0 Å². The fourth-order valence-corrected chi connectivity index (χ4v) is 4.79. The molecule has 0 unspecified atom stereocenters. The molecule has 0 aliphatic heterocycles. The summed E-state index contributed by atoms with van der Waals surface area (Å²) in [6.07, 6.45) is 4.89. The van der Waals surface area contributed by atoms with Crippen molar-refractivity contribution >= 4 is 0 Å². The summed E-state index contributed by atoms with van der Waals surface area (Å²) in [6, 6.07) is 6.74. The lowest BCUT2D eigenvalue weighted by Gasteiger charge is -2.28. The van der Waals surface area contributed by atoms with Gasteiger partial charge >= 0.3 is 0 Å². The maximum atomic E-state index is 5.35. The summed E-state index contributed by atoms with van der Waals surface area (Å²) in [6.45, 7) is 0. The normalized spacial score (nSPS) is 48.1. The van der Waals surface area contributed by atoms with Gasteiger partial charge in [-0.1, -0.05) is 18.2 Å². The van der Waals surface area contributed by atoms with E-state index in [-0.39, 0.29) is 0 Å². The summed E-state index contributed by atoms with van der Waals surface area (Å²) in [5, 5.41) is 0. The molecule has 0 aromatic heterocycles. The van der Waals surface area contributed by atoms with Gasteiger partial charge in [-0.3, -0.25) is 0 Å². The number of fused-ring (bicyclic) bond motifs is 7. The Morgan fingerprint density at radius 2 is 1.81 bits per heavy atom. The highest BCUT2D eigenvalue weighted by molar-refractivity contribution is 5.55. The molecule has 0 radical (unpaired) electrons. The second kappa shape index (κ2) is 2.22. The molecule has 16 heavy (non-hydrogen) atoms. The predicted molar refractivity (Wildman–Crippen MR) is 61.6 cm³/mol. The zero-order valence-corrected chi connectivity index (χ0v) is 9.26.